The molecule has 1 aliphatic heterocycles. The van der Waals surface area contributed by atoms with Crippen LogP contribution in [-0.4, -0.2) is 69.4 Å². The zero-order valence-corrected chi connectivity index (χ0v) is 21.4. The molecule has 32 heavy (non-hydrogen) atoms. The highest BCUT2D eigenvalue weighted by molar-refractivity contribution is 14.0. The minimum atomic E-state index is -3.41. The van der Waals surface area contributed by atoms with E-state index in [1.54, 1.807) is 6.07 Å². The van der Waals surface area contributed by atoms with Crippen LogP contribution in [0.2, 0.25) is 0 Å². The smallest absolute Gasteiger partial charge is 0.213 e. The highest BCUT2D eigenvalue weighted by Crippen LogP contribution is 2.27. The number of rotatable bonds is 8. The van der Waals surface area contributed by atoms with Crippen molar-refractivity contribution in [2.75, 3.05) is 49.9 Å². The number of aliphatic imine (C=N–C) groups is 1. The number of anilines is 1. The molecule has 3 N–H and O–H groups in total. The number of piperazine rings is 1. The van der Waals surface area contributed by atoms with Crippen molar-refractivity contribution in [2.24, 2.45) is 4.99 Å². The van der Waals surface area contributed by atoms with Gasteiger partial charge >= 0.3 is 0 Å². The van der Waals surface area contributed by atoms with Gasteiger partial charge in [-0.25, -0.2) is 13.1 Å². The summed E-state index contributed by atoms with van der Waals surface area (Å²) < 4.78 is 27.2. The second-order valence-electron chi connectivity index (χ2n) is 7.32. The molecule has 176 valence electrons. The van der Waals surface area contributed by atoms with Gasteiger partial charge in [0.05, 0.1) is 18.0 Å². The van der Waals surface area contributed by atoms with Crippen LogP contribution in [0.15, 0.2) is 59.6 Å². The summed E-state index contributed by atoms with van der Waals surface area (Å²) >= 11 is 0. The highest BCUT2D eigenvalue weighted by Gasteiger charge is 2.21. The van der Waals surface area contributed by atoms with Gasteiger partial charge < -0.3 is 20.2 Å². The summed E-state index contributed by atoms with van der Waals surface area (Å²) in [5.74, 6) is 0.939. The van der Waals surface area contributed by atoms with Gasteiger partial charge in [-0.1, -0.05) is 42.5 Å². The fourth-order valence-electron chi connectivity index (χ4n) is 3.45. The van der Waals surface area contributed by atoms with Crippen molar-refractivity contribution in [1.29, 1.82) is 0 Å². The minimum absolute atomic E-state index is 0. The van der Waals surface area contributed by atoms with Crippen LogP contribution in [0, 0.1) is 0 Å². The summed E-state index contributed by atoms with van der Waals surface area (Å²) in [5, 5.41) is 13.3. The Morgan fingerprint density at radius 2 is 1.69 bits per heavy atom. The van der Waals surface area contributed by atoms with Gasteiger partial charge in [0, 0.05) is 39.3 Å². The molecule has 0 unspecified atom stereocenters. The lowest BCUT2D eigenvalue weighted by atomic mass is 10.2. The Balaban J connectivity index is 0.00000363. The molecular formula is C22H32IN5O3S. The van der Waals surface area contributed by atoms with Crippen LogP contribution in [0.5, 0.6) is 5.75 Å². The number of halogens is 1. The first-order chi connectivity index (χ1) is 15.0. The van der Waals surface area contributed by atoms with Gasteiger partial charge in [0.1, 0.15) is 5.75 Å². The number of sulfonamides is 1. The third-order valence-electron chi connectivity index (χ3n) is 5.10. The molecule has 0 atom stereocenters. The van der Waals surface area contributed by atoms with E-state index in [-0.39, 0.29) is 48.6 Å². The summed E-state index contributed by atoms with van der Waals surface area (Å²) in [4.78, 5) is 8.81. The van der Waals surface area contributed by atoms with Crippen LogP contribution in [0.4, 0.5) is 5.69 Å². The van der Waals surface area contributed by atoms with E-state index in [4.69, 9.17) is 0 Å². The lowest BCUT2D eigenvalue weighted by molar-refractivity contribution is 0.370. The molecule has 0 aromatic heterocycles. The van der Waals surface area contributed by atoms with Gasteiger partial charge in [-0.15, -0.1) is 24.0 Å². The van der Waals surface area contributed by atoms with Gasteiger partial charge in [-0.3, -0.25) is 4.99 Å². The number of guanidine groups is 1. The zero-order valence-electron chi connectivity index (χ0n) is 18.3. The summed E-state index contributed by atoms with van der Waals surface area (Å²) in [5.41, 5.74) is 1.75. The van der Waals surface area contributed by atoms with E-state index >= 15 is 0 Å². The van der Waals surface area contributed by atoms with Crippen molar-refractivity contribution in [3.63, 3.8) is 0 Å². The molecule has 10 heteroatoms. The minimum Gasteiger partial charge on any atom is -0.506 e. The largest absolute Gasteiger partial charge is 0.506 e. The number of hydrogen-bond acceptors (Lipinski definition) is 5. The number of nitrogens with one attached hydrogen (secondary N) is 2. The standard InChI is InChI=1S/C22H31N5O3S.HI/c1-2-23-22(24-12-17-31(29,30)25-18-19-8-4-3-5-9-19)27-15-13-26(14-16-27)20-10-6-7-11-21(20)28;/h3-11,25,28H,2,12-18H2,1H3,(H,23,24);1H. The third-order valence-corrected chi connectivity index (χ3v) is 6.40. The topological polar surface area (TPSA) is 97.3 Å². The Morgan fingerprint density at radius 1 is 1.03 bits per heavy atom. The van der Waals surface area contributed by atoms with E-state index in [9.17, 15) is 13.5 Å². The second-order valence-corrected chi connectivity index (χ2v) is 9.25. The normalized spacial score (nSPS) is 14.7. The van der Waals surface area contributed by atoms with E-state index < -0.39 is 10.0 Å². The molecule has 8 nitrogen and oxygen atoms in total. The number of benzene rings is 2. The molecule has 1 aliphatic rings. The van der Waals surface area contributed by atoms with E-state index in [1.807, 2.05) is 55.5 Å². The Labute approximate surface area is 207 Å². The summed E-state index contributed by atoms with van der Waals surface area (Å²) in [6.45, 7) is 6.13. The molecule has 0 spiro atoms. The number of aromatic hydroxyl groups is 1. The van der Waals surface area contributed by atoms with Crippen molar-refractivity contribution < 1.29 is 13.5 Å². The predicted molar refractivity (Wildman–Crippen MR) is 140 cm³/mol. The molecule has 1 heterocycles. The number of hydrogen-bond donors (Lipinski definition) is 3. The van der Waals surface area contributed by atoms with Gasteiger partial charge in [-0.05, 0) is 24.6 Å². The summed E-state index contributed by atoms with van der Waals surface area (Å²) in [7, 11) is -3.41. The molecule has 2 aromatic carbocycles. The molecule has 1 saturated heterocycles. The molecular weight excluding hydrogens is 541 g/mol. The monoisotopic (exact) mass is 573 g/mol. The van der Waals surface area contributed by atoms with Crippen LogP contribution in [0.3, 0.4) is 0 Å². The number of nitrogens with zero attached hydrogens (tertiary/aromatic N) is 3. The fraction of sp³-hybridized carbons (Fsp3) is 0.409. The van der Waals surface area contributed by atoms with Crippen LogP contribution < -0.4 is 14.9 Å². The second kappa shape index (κ2) is 12.9. The predicted octanol–water partition coefficient (Wildman–Crippen LogP) is 2.22. The van der Waals surface area contributed by atoms with Crippen LogP contribution in [-0.2, 0) is 16.6 Å². The maximum Gasteiger partial charge on any atom is 0.213 e. The summed E-state index contributed by atoms with van der Waals surface area (Å²) in [6.07, 6.45) is 0. The average Bonchev–Trinajstić information content (AvgIpc) is 2.78. The van der Waals surface area contributed by atoms with Gasteiger partial charge in [-0.2, -0.15) is 0 Å². The van der Waals surface area contributed by atoms with Crippen molar-refractivity contribution in [1.82, 2.24) is 14.9 Å². The number of para-hydroxylation sites is 2. The zero-order chi connectivity index (χ0) is 22.1. The van der Waals surface area contributed by atoms with E-state index in [1.165, 1.54) is 0 Å². The molecule has 3 rings (SSSR count). The fourth-order valence-corrected chi connectivity index (χ4v) is 4.31. The van der Waals surface area contributed by atoms with Gasteiger partial charge in [0.15, 0.2) is 5.96 Å². The average molecular weight is 574 g/mol. The van der Waals surface area contributed by atoms with Crippen molar-refractivity contribution in [3.8, 4) is 5.75 Å². The molecule has 0 bridgehead atoms. The van der Waals surface area contributed by atoms with Crippen molar-refractivity contribution in [2.45, 2.75) is 13.5 Å². The van der Waals surface area contributed by atoms with Crippen molar-refractivity contribution >= 4 is 45.6 Å². The highest BCUT2D eigenvalue weighted by atomic mass is 127. The third kappa shape index (κ3) is 7.82. The maximum atomic E-state index is 12.3. The molecule has 0 amide bonds. The first kappa shape index (κ1) is 26.2. The molecule has 0 radical (unpaired) electrons. The van der Waals surface area contributed by atoms with Gasteiger partial charge in [0.2, 0.25) is 10.0 Å². The SMILES string of the molecule is CCNC(=NCCS(=O)(=O)NCc1ccccc1)N1CCN(c2ccccc2O)CC1.I. The first-order valence-electron chi connectivity index (χ1n) is 10.6. The molecule has 0 aliphatic carbocycles. The van der Waals surface area contributed by atoms with Crippen molar-refractivity contribution in [3.05, 3.63) is 60.2 Å². The lowest BCUT2D eigenvalue weighted by Gasteiger charge is -2.37. The molecule has 1 fully saturated rings. The van der Waals surface area contributed by atoms with E-state index in [0.29, 0.717) is 6.54 Å². The van der Waals surface area contributed by atoms with Crippen LogP contribution in [0.25, 0.3) is 0 Å². The number of phenolic OH excluding ortho intramolecular Hbond substituents is 1. The maximum absolute atomic E-state index is 12.3. The Kier molecular flexibility index (Phi) is 10.5. The number of phenols is 1. The Morgan fingerprint density at radius 3 is 2.34 bits per heavy atom. The van der Waals surface area contributed by atoms with E-state index in [2.05, 4.69) is 24.8 Å². The van der Waals surface area contributed by atoms with Crippen LogP contribution in [0.1, 0.15) is 12.5 Å². The molecule has 2 aromatic rings. The first-order valence-corrected chi connectivity index (χ1v) is 12.2. The Bertz CT molecular complexity index is 965. The lowest BCUT2D eigenvalue weighted by Crippen LogP contribution is -2.52. The van der Waals surface area contributed by atoms with Gasteiger partial charge in [0.25, 0.3) is 0 Å². The summed E-state index contributed by atoms with van der Waals surface area (Å²) in [6, 6.07) is 16.8. The Hall–Kier alpha value is -2.05. The molecule has 0 saturated carbocycles. The van der Waals surface area contributed by atoms with Crippen LogP contribution >= 0.6 is 24.0 Å². The van der Waals surface area contributed by atoms with E-state index in [0.717, 1.165) is 43.4 Å². The quantitative estimate of drug-likeness (QED) is 0.255.